The maximum absolute atomic E-state index is 14.0. The quantitative estimate of drug-likeness (QED) is 0.544. The topological polar surface area (TPSA) is 100 Å². The molecule has 1 aliphatic carbocycles. The molecule has 1 fully saturated rings. The largest absolute Gasteiger partial charge is 0.350 e. The monoisotopic (exact) mass is 466 g/mol. The van der Waals surface area contributed by atoms with Crippen molar-refractivity contribution in [3.63, 3.8) is 0 Å². The number of amides is 2. The molecule has 3 aromatic rings. The van der Waals surface area contributed by atoms with Crippen molar-refractivity contribution in [2.24, 2.45) is 0 Å². The van der Waals surface area contributed by atoms with E-state index in [9.17, 15) is 27.2 Å². The Morgan fingerprint density at radius 2 is 2.09 bits per heavy atom. The van der Waals surface area contributed by atoms with Gasteiger partial charge >= 0.3 is 6.61 Å². The average Bonchev–Trinajstić information content (AvgIpc) is 3.21. The zero-order valence-electron chi connectivity index (χ0n) is 17.1. The fourth-order valence-electron chi connectivity index (χ4n) is 3.97. The van der Waals surface area contributed by atoms with E-state index in [0.717, 1.165) is 6.07 Å². The van der Waals surface area contributed by atoms with Gasteiger partial charge in [0.25, 0.3) is 11.8 Å². The molecule has 8 nitrogen and oxygen atoms in total. The van der Waals surface area contributed by atoms with Crippen molar-refractivity contribution in [2.75, 3.05) is 13.2 Å². The highest BCUT2D eigenvalue weighted by Gasteiger charge is 2.46. The van der Waals surface area contributed by atoms with E-state index in [-0.39, 0.29) is 42.1 Å². The van der Waals surface area contributed by atoms with Crippen molar-refractivity contribution in [3.8, 4) is 0 Å². The minimum absolute atomic E-state index is 0.00711. The molecule has 1 aliphatic heterocycles. The number of H-pyrrole nitrogens is 1. The van der Waals surface area contributed by atoms with Gasteiger partial charge < -0.3 is 24.5 Å². The second-order valence-electron chi connectivity index (χ2n) is 8.23. The number of halogens is 4. The van der Waals surface area contributed by atoms with Gasteiger partial charge in [-0.3, -0.25) is 9.59 Å². The fourth-order valence-corrected chi connectivity index (χ4v) is 3.97. The standard InChI is InChI=1S/C21H18F4N4O4/c22-12-1-2-13-10(16(12)23)7-15(26-13)19(31)29-6-3-14-11(8-29)17(33-28-14)18(30)27-21(4-5-21)9-32-20(24)25/h1-2,7,20,26H,3-6,8-9H2,(H,27,30). The van der Waals surface area contributed by atoms with Crippen LogP contribution in [0.4, 0.5) is 17.6 Å². The van der Waals surface area contributed by atoms with Crippen LogP contribution in [0.2, 0.25) is 0 Å². The van der Waals surface area contributed by atoms with Crippen LogP contribution in [0.25, 0.3) is 10.9 Å². The van der Waals surface area contributed by atoms with Gasteiger partial charge in [0, 0.05) is 29.4 Å². The molecular weight excluding hydrogens is 448 g/mol. The summed E-state index contributed by atoms with van der Waals surface area (Å²) in [4.78, 5) is 30.0. The highest BCUT2D eigenvalue weighted by atomic mass is 19.3. The number of aromatic nitrogens is 2. The summed E-state index contributed by atoms with van der Waals surface area (Å²) in [5.41, 5.74) is 0.400. The molecule has 0 saturated heterocycles. The van der Waals surface area contributed by atoms with Gasteiger partial charge in [-0.15, -0.1) is 0 Å². The first-order valence-electron chi connectivity index (χ1n) is 10.2. The van der Waals surface area contributed by atoms with E-state index < -0.39 is 35.6 Å². The van der Waals surface area contributed by atoms with E-state index in [4.69, 9.17) is 4.52 Å². The van der Waals surface area contributed by atoms with E-state index >= 15 is 0 Å². The minimum atomic E-state index is -2.94. The van der Waals surface area contributed by atoms with Crippen LogP contribution in [0.1, 0.15) is 45.1 Å². The number of rotatable bonds is 6. The van der Waals surface area contributed by atoms with Gasteiger partial charge in [0.1, 0.15) is 5.69 Å². The maximum atomic E-state index is 14.0. The third-order valence-corrected chi connectivity index (χ3v) is 5.97. The van der Waals surface area contributed by atoms with Crippen molar-refractivity contribution in [3.05, 3.63) is 52.5 Å². The molecule has 0 atom stereocenters. The van der Waals surface area contributed by atoms with Crippen LogP contribution in [0.5, 0.6) is 0 Å². The lowest BCUT2D eigenvalue weighted by molar-refractivity contribution is -0.135. The predicted octanol–water partition coefficient (Wildman–Crippen LogP) is 3.13. The summed E-state index contributed by atoms with van der Waals surface area (Å²) in [6.07, 6.45) is 1.30. The Bertz CT molecular complexity index is 1250. The minimum Gasteiger partial charge on any atom is -0.350 e. The summed E-state index contributed by atoms with van der Waals surface area (Å²) in [7, 11) is 0. The molecule has 174 valence electrons. The molecule has 0 unspecified atom stereocenters. The first-order valence-corrected chi connectivity index (χ1v) is 10.2. The number of carbonyl (C=O) groups excluding carboxylic acids is 2. The zero-order valence-corrected chi connectivity index (χ0v) is 17.1. The van der Waals surface area contributed by atoms with E-state index in [0.29, 0.717) is 30.5 Å². The van der Waals surface area contributed by atoms with Crippen LogP contribution >= 0.6 is 0 Å². The molecule has 0 bridgehead atoms. The number of nitrogens with zero attached hydrogens (tertiary/aromatic N) is 2. The molecule has 12 heteroatoms. The van der Waals surface area contributed by atoms with Gasteiger partial charge in [0.15, 0.2) is 11.6 Å². The van der Waals surface area contributed by atoms with Crippen molar-refractivity contribution in [2.45, 2.75) is 38.0 Å². The molecular formula is C21H18F4N4O4. The molecule has 3 heterocycles. The highest BCUT2D eigenvalue weighted by Crippen LogP contribution is 2.37. The number of ether oxygens (including phenoxy) is 1. The van der Waals surface area contributed by atoms with Gasteiger partial charge in [-0.05, 0) is 31.0 Å². The number of fused-ring (bicyclic) bond motifs is 2. The van der Waals surface area contributed by atoms with Gasteiger partial charge in [0.2, 0.25) is 5.76 Å². The summed E-state index contributed by atoms with van der Waals surface area (Å²) in [5, 5.41) is 6.52. The van der Waals surface area contributed by atoms with Crippen LogP contribution in [0, 0.1) is 11.6 Å². The lowest BCUT2D eigenvalue weighted by atomic mass is 10.0. The van der Waals surface area contributed by atoms with Gasteiger partial charge in [-0.1, -0.05) is 5.16 Å². The highest BCUT2D eigenvalue weighted by molar-refractivity contribution is 5.99. The molecule has 1 saturated carbocycles. The van der Waals surface area contributed by atoms with Gasteiger partial charge in [-0.25, -0.2) is 8.78 Å². The fraction of sp³-hybridized carbons (Fsp3) is 0.381. The molecule has 2 aromatic heterocycles. The summed E-state index contributed by atoms with van der Waals surface area (Å²) in [6.45, 7) is -2.98. The van der Waals surface area contributed by atoms with E-state index in [1.807, 2.05) is 0 Å². The van der Waals surface area contributed by atoms with Crippen molar-refractivity contribution in [1.82, 2.24) is 20.4 Å². The number of hydrogen-bond acceptors (Lipinski definition) is 5. The second-order valence-corrected chi connectivity index (χ2v) is 8.23. The predicted molar refractivity (Wildman–Crippen MR) is 105 cm³/mol. The maximum Gasteiger partial charge on any atom is 0.345 e. The number of benzene rings is 1. The summed E-state index contributed by atoms with van der Waals surface area (Å²) >= 11 is 0. The smallest absolute Gasteiger partial charge is 0.345 e. The van der Waals surface area contributed by atoms with Crippen LogP contribution in [0.3, 0.4) is 0 Å². The Labute approximate surface area is 183 Å². The van der Waals surface area contributed by atoms with Gasteiger partial charge in [-0.2, -0.15) is 8.78 Å². The Morgan fingerprint density at radius 3 is 2.82 bits per heavy atom. The molecule has 0 radical (unpaired) electrons. The van der Waals surface area contributed by atoms with E-state index in [1.54, 1.807) is 0 Å². The molecule has 5 rings (SSSR count). The van der Waals surface area contributed by atoms with E-state index in [1.165, 1.54) is 17.0 Å². The number of hydrogen-bond donors (Lipinski definition) is 2. The number of carbonyl (C=O) groups is 2. The van der Waals surface area contributed by atoms with Crippen LogP contribution in [0.15, 0.2) is 22.7 Å². The SMILES string of the molecule is O=C(NC1(COC(F)F)CC1)c1onc2c1CN(C(=O)c1cc3c(F)c(F)ccc3[nH]1)CC2. The van der Waals surface area contributed by atoms with Crippen molar-refractivity contribution in [1.29, 1.82) is 0 Å². The summed E-state index contributed by atoms with van der Waals surface area (Å²) in [6, 6.07) is 3.55. The molecule has 2 N–H and O–H groups in total. The first kappa shape index (κ1) is 21.4. The van der Waals surface area contributed by atoms with Crippen molar-refractivity contribution >= 4 is 22.7 Å². The Kier molecular flexibility index (Phi) is 5.11. The van der Waals surface area contributed by atoms with Crippen LogP contribution in [-0.2, 0) is 17.7 Å². The zero-order chi connectivity index (χ0) is 23.3. The third-order valence-electron chi connectivity index (χ3n) is 5.97. The Hall–Kier alpha value is -3.41. The van der Waals surface area contributed by atoms with Crippen LogP contribution in [-0.4, -0.2) is 52.2 Å². The van der Waals surface area contributed by atoms with Gasteiger partial charge in [0.05, 0.1) is 24.4 Å². The third kappa shape index (κ3) is 3.94. The molecule has 0 spiro atoms. The molecule has 1 aromatic carbocycles. The van der Waals surface area contributed by atoms with E-state index in [2.05, 4.69) is 20.2 Å². The Morgan fingerprint density at radius 1 is 1.30 bits per heavy atom. The average molecular weight is 466 g/mol. The van der Waals surface area contributed by atoms with Crippen LogP contribution < -0.4 is 5.32 Å². The summed E-state index contributed by atoms with van der Waals surface area (Å²) < 4.78 is 61.8. The second kappa shape index (κ2) is 7.87. The normalized spacial score (nSPS) is 16.8. The molecule has 33 heavy (non-hydrogen) atoms. The lowest BCUT2D eigenvalue weighted by Gasteiger charge is -2.26. The lowest BCUT2D eigenvalue weighted by Crippen LogP contribution is -2.42. The Balaban J connectivity index is 1.33. The number of nitrogens with one attached hydrogen (secondary N) is 2. The molecule has 2 aliphatic rings. The summed E-state index contributed by atoms with van der Waals surface area (Å²) in [5.74, 6) is -3.26. The first-order chi connectivity index (χ1) is 15.8. The van der Waals surface area contributed by atoms with Crippen molar-refractivity contribution < 1.29 is 36.4 Å². The molecule has 2 amide bonds. The number of aromatic amines is 1. The number of alkyl halides is 2.